The number of hydrogen-bond donors (Lipinski definition) is 0. The number of carbonyl (C=O) groups excluding carboxylic acids is 2. The maximum atomic E-state index is 12.3. The standard InChI is InChI=1S/C30H38N2O10/c1-3-35-25-9-5-7-11-27(25)39-21-23-19-31(15-17-37-23)41-29(33)13-14-30(34)42-32-16-18-38-24(20-32)22-40-28-12-8-6-10-26(28)36-4-2/h5-14,23-24H,3-4,15-22H2,1-2H3/b14-13+/t23-,24-/m0/s1. The zero-order valence-corrected chi connectivity index (χ0v) is 24.0. The summed E-state index contributed by atoms with van der Waals surface area (Å²) in [4.78, 5) is 35.4. The molecule has 2 saturated heterocycles. The fourth-order valence-corrected chi connectivity index (χ4v) is 4.26. The monoisotopic (exact) mass is 586 g/mol. The first-order valence-electron chi connectivity index (χ1n) is 14.1. The Morgan fingerprint density at radius 3 is 1.45 bits per heavy atom. The van der Waals surface area contributed by atoms with Gasteiger partial charge in [0.1, 0.15) is 25.4 Å². The Morgan fingerprint density at radius 1 is 0.690 bits per heavy atom. The van der Waals surface area contributed by atoms with E-state index in [9.17, 15) is 9.59 Å². The quantitative estimate of drug-likeness (QED) is 0.303. The van der Waals surface area contributed by atoms with Crippen LogP contribution in [-0.2, 0) is 28.7 Å². The van der Waals surface area contributed by atoms with Crippen LogP contribution in [0.3, 0.4) is 0 Å². The number of ether oxygens (including phenoxy) is 6. The number of hydrogen-bond acceptors (Lipinski definition) is 12. The van der Waals surface area contributed by atoms with Gasteiger partial charge in [0.05, 0.1) is 52.6 Å². The van der Waals surface area contributed by atoms with Crippen LogP contribution < -0.4 is 18.9 Å². The smallest absolute Gasteiger partial charge is 0.349 e. The molecule has 4 rings (SSSR count). The summed E-state index contributed by atoms with van der Waals surface area (Å²) < 4.78 is 34.4. The van der Waals surface area contributed by atoms with Gasteiger partial charge < -0.3 is 38.1 Å². The number of morpholine rings is 2. The molecule has 0 bridgehead atoms. The van der Waals surface area contributed by atoms with Gasteiger partial charge in [0.2, 0.25) is 0 Å². The summed E-state index contributed by atoms with van der Waals surface area (Å²) in [7, 11) is 0. The largest absolute Gasteiger partial charge is 0.490 e. The molecule has 0 unspecified atom stereocenters. The third kappa shape index (κ3) is 9.91. The lowest BCUT2D eigenvalue weighted by atomic mass is 10.3. The maximum Gasteiger partial charge on any atom is 0.349 e. The number of benzene rings is 2. The van der Waals surface area contributed by atoms with Crippen molar-refractivity contribution in [2.75, 3.05) is 65.8 Å². The molecule has 2 aromatic rings. The molecule has 0 spiro atoms. The molecule has 2 heterocycles. The highest BCUT2D eigenvalue weighted by Gasteiger charge is 2.26. The number of para-hydroxylation sites is 4. The van der Waals surface area contributed by atoms with E-state index in [1.807, 2.05) is 62.4 Å². The van der Waals surface area contributed by atoms with Gasteiger partial charge in [-0.25, -0.2) is 9.59 Å². The molecule has 0 radical (unpaired) electrons. The van der Waals surface area contributed by atoms with Crippen LogP contribution in [0.4, 0.5) is 0 Å². The van der Waals surface area contributed by atoms with Crippen LogP contribution in [0.5, 0.6) is 23.0 Å². The number of rotatable bonds is 14. The lowest BCUT2D eigenvalue weighted by molar-refractivity contribution is -0.214. The second kappa shape index (κ2) is 16.6. The van der Waals surface area contributed by atoms with Gasteiger partial charge in [0.15, 0.2) is 23.0 Å². The summed E-state index contributed by atoms with van der Waals surface area (Å²) in [5, 5.41) is 2.97. The van der Waals surface area contributed by atoms with E-state index in [0.29, 0.717) is 75.6 Å². The minimum atomic E-state index is -0.698. The van der Waals surface area contributed by atoms with Gasteiger partial charge in [0.25, 0.3) is 0 Å². The maximum absolute atomic E-state index is 12.3. The highest BCUT2D eigenvalue weighted by molar-refractivity contribution is 5.91. The van der Waals surface area contributed by atoms with Crippen molar-refractivity contribution in [1.29, 1.82) is 0 Å². The van der Waals surface area contributed by atoms with E-state index in [1.54, 1.807) is 0 Å². The third-order valence-electron chi connectivity index (χ3n) is 6.14. The topological polar surface area (TPSA) is 114 Å². The van der Waals surface area contributed by atoms with Crippen molar-refractivity contribution in [3.63, 3.8) is 0 Å². The van der Waals surface area contributed by atoms with Gasteiger partial charge in [0, 0.05) is 12.2 Å². The van der Waals surface area contributed by atoms with Crippen LogP contribution in [-0.4, -0.2) is 100 Å². The highest BCUT2D eigenvalue weighted by Crippen LogP contribution is 2.28. The fraction of sp³-hybridized carbons (Fsp3) is 0.467. The van der Waals surface area contributed by atoms with Gasteiger partial charge in [-0.15, -0.1) is 10.1 Å². The normalized spacial score (nSPS) is 19.7. The molecule has 0 aromatic heterocycles. The van der Waals surface area contributed by atoms with Gasteiger partial charge in [-0.3, -0.25) is 0 Å². The summed E-state index contributed by atoms with van der Waals surface area (Å²) in [5.74, 6) is 1.14. The predicted molar refractivity (Wildman–Crippen MR) is 150 cm³/mol. The van der Waals surface area contributed by atoms with Crippen LogP contribution in [0.1, 0.15) is 13.8 Å². The van der Waals surface area contributed by atoms with Gasteiger partial charge in [-0.1, -0.05) is 24.3 Å². The Kier molecular flexibility index (Phi) is 12.3. The molecule has 228 valence electrons. The number of carbonyl (C=O) groups is 2. The van der Waals surface area contributed by atoms with E-state index in [0.717, 1.165) is 12.2 Å². The first kappa shape index (κ1) is 31.1. The second-order valence-electron chi connectivity index (χ2n) is 9.30. The molecular formula is C30H38N2O10. The zero-order valence-electron chi connectivity index (χ0n) is 24.0. The van der Waals surface area contributed by atoms with Crippen LogP contribution in [0.15, 0.2) is 60.7 Å². The summed E-state index contributed by atoms with van der Waals surface area (Å²) >= 11 is 0. The molecule has 2 aliphatic rings. The van der Waals surface area contributed by atoms with Crippen molar-refractivity contribution in [3.05, 3.63) is 60.7 Å². The molecule has 0 N–H and O–H groups in total. The summed E-state index contributed by atoms with van der Waals surface area (Å²) in [6.07, 6.45) is 1.43. The highest BCUT2D eigenvalue weighted by atomic mass is 16.7. The van der Waals surface area contributed by atoms with Crippen molar-refractivity contribution in [3.8, 4) is 23.0 Å². The molecule has 12 heteroatoms. The molecule has 0 amide bonds. The van der Waals surface area contributed by atoms with Crippen LogP contribution >= 0.6 is 0 Å². The Labute approximate surface area is 245 Å². The van der Waals surface area contributed by atoms with Crippen molar-refractivity contribution >= 4 is 11.9 Å². The van der Waals surface area contributed by atoms with E-state index in [4.69, 9.17) is 38.1 Å². The average Bonchev–Trinajstić information content (AvgIpc) is 3.00. The van der Waals surface area contributed by atoms with Crippen molar-refractivity contribution in [2.45, 2.75) is 26.1 Å². The predicted octanol–water partition coefficient (Wildman–Crippen LogP) is 2.82. The van der Waals surface area contributed by atoms with Crippen LogP contribution in [0.25, 0.3) is 0 Å². The van der Waals surface area contributed by atoms with Crippen LogP contribution in [0, 0.1) is 0 Å². The summed E-state index contributed by atoms with van der Waals surface area (Å²) in [6.45, 7) is 7.50. The Morgan fingerprint density at radius 2 is 1.07 bits per heavy atom. The number of hydroxylamine groups is 4. The molecule has 2 aliphatic heterocycles. The lowest BCUT2D eigenvalue weighted by Gasteiger charge is -2.31. The first-order valence-corrected chi connectivity index (χ1v) is 14.1. The van der Waals surface area contributed by atoms with E-state index in [-0.39, 0.29) is 25.4 Å². The van der Waals surface area contributed by atoms with E-state index in [2.05, 4.69) is 0 Å². The van der Waals surface area contributed by atoms with E-state index >= 15 is 0 Å². The third-order valence-corrected chi connectivity index (χ3v) is 6.14. The van der Waals surface area contributed by atoms with E-state index in [1.165, 1.54) is 10.1 Å². The molecular weight excluding hydrogens is 548 g/mol. The van der Waals surface area contributed by atoms with Crippen molar-refractivity contribution < 1.29 is 47.7 Å². The molecule has 0 aliphatic carbocycles. The Hall–Kier alpha value is -3.84. The fourth-order valence-electron chi connectivity index (χ4n) is 4.26. The molecule has 2 atom stereocenters. The molecule has 42 heavy (non-hydrogen) atoms. The van der Waals surface area contributed by atoms with Crippen molar-refractivity contribution in [2.24, 2.45) is 0 Å². The van der Waals surface area contributed by atoms with E-state index < -0.39 is 11.9 Å². The molecule has 2 fully saturated rings. The Balaban J connectivity index is 1.17. The zero-order chi connectivity index (χ0) is 29.6. The second-order valence-corrected chi connectivity index (χ2v) is 9.30. The van der Waals surface area contributed by atoms with Gasteiger partial charge in [-0.2, -0.15) is 0 Å². The lowest BCUT2D eigenvalue weighted by Crippen LogP contribution is -2.45. The molecule has 2 aromatic carbocycles. The minimum Gasteiger partial charge on any atom is -0.490 e. The molecule has 0 saturated carbocycles. The average molecular weight is 587 g/mol. The van der Waals surface area contributed by atoms with Gasteiger partial charge in [-0.05, 0) is 38.1 Å². The minimum absolute atomic E-state index is 0.255. The first-order chi connectivity index (χ1) is 20.5. The van der Waals surface area contributed by atoms with Gasteiger partial charge >= 0.3 is 11.9 Å². The summed E-state index contributed by atoms with van der Waals surface area (Å²) in [5.41, 5.74) is 0. The number of nitrogens with zero attached hydrogens (tertiary/aromatic N) is 2. The van der Waals surface area contributed by atoms with Crippen LogP contribution in [0.2, 0.25) is 0 Å². The summed E-state index contributed by atoms with van der Waals surface area (Å²) in [6, 6.07) is 14.8. The SMILES string of the molecule is CCOc1ccccc1OC[C@@H]1CN(OC(=O)/C=C/C(=O)ON2CCO[C@H](COc3ccccc3OCC)C2)CCO1. The van der Waals surface area contributed by atoms with Crippen molar-refractivity contribution in [1.82, 2.24) is 10.1 Å². The Bertz CT molecular complexity index is 1090. The molecule has 12 nitrogen and oxygen atoms in total.